The van der Waals surface area contributed by atoms with Crippen LogP contribution < -0.4 is 0 Å². The maximum absolute atomic E-state index is 11.6. The van der Waals surface area contributed by atoms with Gasteiger partial charge in [0, 0.05) is 6.42 Å². The van der Waals surface area contributed by atoms with Gasteiger partial charge in [0.15, 0.2) is 0 Å². The molecular weight excluding hydrogens is 280 g/mol. The van der Waals surface area contributed by atoms with Gasteiger partial charge in [0.05, 0.1) is 12.3 Å². The van der Waals surface area contributed by atoms with Crippen LogP contribution in [0.5, 0.6) is 0 Å². The number of hydrogen-bond acceptors (Lipinski definition) is 6. The van der Waals surface area contributed by atoms with Gasteiger partial charge in [-0.3, -0.25) is 4.79 Å². The van der Waals surface area contributed by atoms with E-state index in [9.17, 15) is 14.7 Å². The Balaban J connectivity index is 3.11. The first-order valence-corrected chi connectivity index (χ1v) is 7.22. The fraction of sp³-hybridized carbons (Fsp3) is 0.538. The molecule has 0 fully saturated rings. The number of carbonyl (C=O) groups is 2. The fourth-order valence-corrected chi connectivity index (χ4v) is 2.58. The van der Waals surface area contributed by atoms with Gasteiger partial charge in [0.25, 0.3) is 0 Å². The van der Waals surface area contributed by atoms with Gasteiger partial charge in [-0.25, -0.2) is 14.8 Å². The smallest absolute Gasteiger partial charge is 0.340 e. The minimum atomic E-state index is -1.09. The number of aromatic nitrogens is 2. The molecule has 0 radical (unpaired) electrons. The second-order valence-electron chi connectivity index (χ2n) is 4.08. The van der Waals surface area contributed by atoms with E-state index in [1.165, 1.54) is 0 Å². The highest BCUT2D eigenvalue weighted by Gasteiger charge is 2.23. The predicted molar refractivity (Wildman–Crippen MR) is 75.1 cm³/mol. The third kappa shape index (κ3) is 3.93. The summed E-state index contributed by atoms with van der Waals surface area (Å²) in [5, 5.41) is 9.04. The van der Waals surface area contributed by atoms with E-state index in [2.05, 4.69) is 9.97 Å². The van der Waals surface area contributed by atoms with Gasteiger partial charge in [-0.1, -0.05) is 18.7 Å². The summed E-state index contributed by atoms with van der Waals surface area (Å²) >= 11 is 1.08. The second-order valence-corrected chi connectivity index (χ2v) is 5.41. The minimum Gasteiger partial charge on any atom is -0.478 e. The lowest BCUT2D eigenvalue weighted by molar-refractivity contribution is -0.142. The summed E-state index contributed by atoms with van der Waals surface area (Å²) in [7, 11) is 0. The Hall–Kier alpha value is -1.63. The summed E-state index contributed by atoms with van der Waals surface area (Å²) in [6.45, 7) is 7.19. The zero-order chi connectivity index (χ0) is 15.3. The molecule has 6 nitrogen and oxygen atoms in total. The summed E-state index contributed by atoms with van der Waals surface area (Å²) in [4.78, 5) is 31.3. The largest absolute Gasteiger partial charge is 0.478 e. The Bertz CT molecular complexity index is 519. The van der Waals surface area contributed by atoms with Crippen LogP contribution in [-0.4, -0.2) is 38.9 Å². The van der Waals surface area contributed by atoms with Crippen molar-refractivity contribution in [3.05, 3.63) is 17.1 Å². The molecule has 0 amide bonds. The molecule has 1 aromatic rings. The lowest BCUT2D eigenvalue weighted by atomic mass is 10.2. The minimum absolute atomic E-state index is 0.0448. The van der Waals surface area contributed by atoms with E-state index in [1.807, 2.05) is 6.92 Å². The number of ether oxygens (including phenoxy) is 1. The number of aromatic carboxylic acids is 1. The molecule has 0 aliphatic heterocycles. The summed E-state index contributed by atoms with van der Waals surface area (Å²) in [6, 6.07) is 0. The van der Waals surface area contributed by atoms with E-state index in [0.717, 1.165) is 11.8 Å². The molecule has 1 N–H and O–H groups in total. The zero-order valence-corrected chi connectivity index (χ0v) is 12.8. The van der Waals surface area contributed by atoms with Crippen LogP contribution in [0.2, 0.25) is 0 Å². The molecule has 0 spiro atoms. The van der Waals surface area contributed by atoms with Crippen LogP contribution in [0.4, 0.5) is 0 Å². The first kappa shape index (κ1) is 16.4. The van der Waals surface area contributed by atoms with Crippen molar-refractivity contribution < 1.29 is 19.4 Å². The van der Waals surface area contributed by atoms with E-state index in [0.29, 0.717) is 29.6 Å². The fourth-order valence-electron chi connectivity index (χ4n) is 1.57. The summed E-state index contributed by atoms with van der Waals surface area (Å²) in [6.07, 6.45) is 0.599. The molecule has 1 aromatic heterocycles. The van der Waals surface area contributed by atoms with E-state index in [-0.39, 0.29) is 11.5 Å². The molecule has 110 valence electrons. The molecule has 7 heteroatoms. The first-order valence-electron chi connectivity index (χ1n) is 6.34. The number of rotatable bonds is 6. The normalized spacial score (nSPS) is 12.0. The van der Waals surface area contributed by atoms with Crippen molar-refractivity contribution in [1.82, 2.24) is 9.97 Å². The predicted octanol–water partition coefficient (Wildman–Crippen LogP) is 2.09. The van der Waals surface area contributed by atoms with Crippen molar-refractivity contribution in [2.45, 2.75) is 44.4 Å². The van der Waals surface area contributed by atoms with Crippen molar-refractivity contribution in [3.63, 3.8) is 0 Å². The maximum atomic E-state index is 11.6. The summed E-state index contributed by atoms with van der Waals surface area (Å²) in [5.74, 6) is -0.919. The van der Waals surface area contributed by atoms with Gasteiger partial charge in [0.2, 0.25) is 0 Å². The van der Waals surface area contributed by atoms with Crippen molar-refractivity contribution in [2.75, 3.05) is 6.61 Å². The van der Waals surface area contributed by atoms with Crippen LogP contribution in [0.1, 0.15) is 42.6 Å². The second kappa shape index (κ2) is 7.23. The number of carboxylic acid groups (broad SMARTS) is 1. The molecule has 0 aliphatic rings. The molecular formula is C13H18N2O4S. The molecule has 0 aromatic carbocycles. The first-order chi connectivity index (χ1) is 9.40. The molecule has 0 saturated heterocycles. The van der Waals surface area contributed by atoms with Crippen molar-refractivity contribution >= 4 is 23.7 Å². The van der Waals surface area contributed by atoms with Crippen molar-refractivity contribution in [3.8, 4) is 0 Å². The highest BCUT2D eigenvalue weighted by Crippen LogP contribution is 2.27. The Labute approximate surface area is 122 Å². The quantitative estimate of drug-likeness (QED) is 0.488. The molecule has 0 bridgehead atoms. The number of carbonyl (C=O) groups excluding carboxylic acids is 1. The Morgan fingerprint density at radius 2 is 2.00 bits per heavy atom. The molecule has 1 atom stereocenters. The third-order valence-corrected chi connectivity index (χ3v) is 3.60. The van der Waals surface area contributed by atoms with Crippen LogP contribution in [0.15, 0.2) is 5.03 Å². The number of hydrogen-bond donors (Lipinski definition) is 1. The number of carboxylic acids is 1. The van der Waals surface area contributed by atoms with Crippen LogP contribution in [0.25, 0.3) is 0 Å². The molecule has 1 heterocycles. The lowest BCUT2D eigenvalue weighted by Gasteiger charge is -2.13. The van der Waals surface area contributed by atoms with Crippen molar-refractivity contribution in [1.29, 1.82) is 0 Å². The van der Waals surface area contributed by atoms with Crippen LogP contribution in [0, 0.1) is 6.92 Å². The highest BCUT2D eigenvalue weighted by atomic mass is 32.2. The number of esters is 1. The van der Waals surface area contributed by atoms with E-state index >= 15 is 0 Å². The van der Waals surface area contributed by atoms with E-state index in [1.54, 1.807) is 20.8 Å². The number of aryl methyl sites for hydroxylation is 2. The molecule has 0 saturated carbocycles. The monoisotopic (exact) mass is 298 g/mol. The van der Waals surface area contributed by atoms with E-state index in [4.69, 9.17) is 4.74 Å². The summed E-state index contributed by atoms with van der Waals surface area (Å²) < 4.78 is 4.91. The van der Waals surface area contributed by atoms with Crippen molar-refractivity contribution in [2.24, 2.45) is 0 Å². The Kier molecular flexibility index (Phi) is 5.94. The van der Waals surface area contributed by atoms with Gasteiger partial charge in [-0.2, -0.15) is 0 Å². The topological polar surface area (TPSA) is 89.4 Å². The zero-order valence-electron chi connectivity index (χ0n) is 12.0. The summed E-state index contributed by atoms with van der Waals surface area (Å²) in [5.41, 5.74) is 0.450. The van der Waals surface area contributed by atoms with Gasteiger partial charge < -0.3 is 9.84 Å². The SMILES string of the molecule is CCOC(=O)C(C)Sc1nc(CC)nc(C)c1C(=O)O. The van der Waals surface area contributed by atoms with Gasteiger partial charge in [-0.15, -0.1) is 0 Å². The lowest BCUT2D eigenvalue weighted by Crippen LogP contribution is -2.18. The average Bonchev–Trinajstić information content (AvgIpc) is 2.37. The average molecular weight is 298 g/mol. The van der Waals surface area contributed by atoms with Gasteiger partial charge in [-0.05, 0) is 20.8 Å². The van der Waals surface area contributed by atoms with Gasteiger partial charge >= 0.3 is 11.9 Å². The molecule has 1 unspecified atom stereocenters. The highest BCUT2D eigenvalue weighted by molar-refractivity contribution is 8.00. The third-order valence-electron chi connectivity index (χ3n) is 2.54. The van der Waals surface area contributed by atoms with Gasteiger partial charge in [0.1, 0.15) is 21.7 Å². The van der Waals surface area contributed by atoms with Crippen LogP contribution in [0.3, 0.4) is 0 Å². The Morgan fingerprint density at radius 1 is 1.35 bits per heavy atom. The molecule has 1 rings (SSSR count). The molecule has 0 aliphatic carbocycles. The Morgan fingerprint density at radius 3 is 2.50 bits per heavy atom. The van der Waals surface area contributed by atoms with Crippen LogP contribution in [-0.2, 0) is 16.0 Å². The van der Waals surface area contributed by atoms with E-state index < -0.39 is 11.2 Å². The number of nitrogens with zero attached hydrogens (tertiary/aromatic N) is 2. The van der Waals surface area contributed by atoms with Crippen LogP contribution >= 0.6 is 11.8 Å². The number of thioether (sulfide) groups is 1. The maximum Gasteiger partial charge on any atom is 0.340 e. The standard InChI is InChI=1S/C13H18N2O4S/c1-5-9-14-7(3)10(12(16)17)11(15-9)20-8(4)13(18)19-6-2/h8H,5-6H2,1-4H3,(H,16,17). The molecule has 20 heavy (non-hydrogen) atoms.